The fourth-order valence-electron chi connectivity index (χ4n) is 1.38. The molecule has 1 N–H and O–H groups in total. The van der Waals surface area contributed by atoms with E-state index in [2.05, 4.69) is 5.32 Å². The third-order valence-corrected chi connectivity index (χ3v) is 2.72. The van der Waals surface area contributed by atoms with Gasteiger partial charge in [0, 0.05) is 9.80 Å². The second kappa shape index (κ2) is 7.25. The van der Waals surface area contributed by atoms with Gasteiger partial charge in [-0.05, 0) is 24.4 Å². The normalized spacial score (nSPS) is 13.8. The zero-order chi connectivity index (χ0) is 15.6. The molecule has 0 unspecified atom stereocenters. The van der Waals surface area contributed by atoms with Gasteiger partial charge in [0.15, 0.2) is 0 Å². The molecule has 0 aliphatic heterocycles. The van der Waals surface area contributed by atoms with Gasteiger partial charge in [-0.25, -0.2) is 8.42 Å². The minimum Gasteiger partial charge on any atom is -0.748 e. The van der Waals surface area contributed by atoms with Crippen molar-refractivity contribution in [2.75, 3.05) is 11.1 Å². The third kappa shape index (κ3) is 5.49. The largest absolute Gasteiger partial charge is 1.00 e. The molecule has 0 aromatic heterocycles. The van der Waals surface area contributed by atoms with Crippen LogP contribution < -0.4 is 34.9 Å². The summed E-state index contributed by atoms with van der Waals surface area (Å²) in [5, 5.41) is 2.22. The van der Waals surface area contributed by atoms with Crippen molar-refractivity contribution in [3.63, 3.8) is 0 Å². The molecule has 0 heterocycles. The minimum absolute atomic E-state index is 0. The average molecular weight is 282 g/mol. The molecule has 0 spiro atoms. The van der Waals surface area contributed by atoms with Crippen LogP contribution >= 0.6 is 0 Å². The fraction of sp³-hybridized carbons (Fsp3) is 0.364. The molecular formula is C11H14NNaO4S. The first-order valence-corrected chi connectivity index (χ1v) is 6.48. The van der Waals surface area contributed by atoms with Gasteiger partial charge in [-0.15, -0.1) is 0 Å². The van der Waals surface area contributed by atoms with Crippen molar-refractivity contribution in [3.05, 3.63) is 29.3 Å². The predicted molar refractivity (Wildman–Crippen MR) is 63.8 cm³/mol. The Morgan fingerprint density at radius 3 is 2.67 bits per heavy atom. The maximum absolute atomic E-state index is 11.5. The summed E-state index contributed by atoms with van der Waals surface area (Å²) >= 11 is 0. The maximum atomic E-state index is 11.5. The summed E-state index contributed by atoms with van der Waals surface area (Å²) in [7, 11) is -4.71. The second-order valence-electron chi connectivity index (χ2n) is 3.44. The summed E-state index contributed by atoms with van der Waals surface area (Å²) in [6.45, 7) is -0.692. The van der Waals surface area contributed by atoms with Gasteiger partial charge in [0.2, 0.25) is 5.91 Å². The van der Waals surface area contributed by atoms with E-state index in [1.807, 2.05) is 0 Å². The Bertz CT molecular complexity index is 616. The summed E-state index contributed by atoms with van der Waals surface area (Å²) in [6.07, 6.45) is 0.448. The quantitative estimate of drug-likeness (QED) is 0.513. The number of carbonyl (C=O) groups excluding carboxylic acids is 1. The van der Waals surface area contributed by atoms with Gasteiger partial charge in [-0.2, -0.15) is 0 Å². The summed E-state index contributed by atoms with van der Waals surface area (Å²) < 4.78 is 53.9. The Morgan fingerprint density at radius 2 is 2.17 bits per heavy atom. The molecule has 0 atom stereocenters. The first kappa shape index (κ1) is 12.6. The molecule has 1 aromatic carbocycles. The monoisotopic (exact) mass is 282 g/mol. The van der Waals surface area contributed by atoms with Gasteiger partial charge in [-0.3, -0.25) is 4.79 Å². The van der Waals surface area contributed by atoms with Crippen molar-refractivity contribution in [2.24, 2.45) is 0 Å². The number of benzene rings is 1. The number of carbonyl (C=O) groups is 1. The zero-order valence-corrected chi connectivity index (χ0v) is 13.0. The van der Waals surface area contributed by atoms with Gasteiger partial charge in [0.25, 0.3) is 0 Å². The summed E-state index contributed by atoms with van der Waals surface area (Å²) in [6, 6.07) is 4.49. The van der Waals surface area contributed by atoms with Gasteiger partial charge in [0.05, 0.1) is 0 Å². The van der Waals surface area contributed by atoms with Crippen molar-refractivity contribution in [3.8, 4) is 0 Å². The van der Waals surface area contributed by atoms with Gasteiger partial charge < -0.3 is 9.87 Å². The van der Waals surface area contributed by atoms with Crippen LogP contribution in [0.2, 0.25) is 0 Å². The molecule has 18 heavy (non-hydrogen) atoms. The second-order valence-corrected chi connectivity index (χ2v) is 4.85. The zero-order valence-electron chi connectivity index (χ0n) is 13.2. The number of hydrogen-bond acceptors (Lipinski definition) is 4. The fourth-order valence-corrected chi connectivity index (χ4v) is 1.77. The Kier molecular flexibility index (Phi) is 5.09. The first-order chi connectivity index (χ1) is 9.04. The summed E-state index contributed by atoms with van der Waals surface area (Å²) in [4.78, 5) is 11.5. The van der Waals surface area contributed by atoms with Crippen LogP contribution in [-0.2, 0) is 21.3 Å². The molecular weight excluding hydrogens is 265 g/mol. The molecule has 0 aliphatic carbocycles. The molecule has 5 nitrogen and oxygen atoms in total. The van der Waals surface area contributed by atoms with Crippen molar-refractivity contribution in [2.45, 2.75) is 20.2 Å². The molecule has 1 rings (SSSR count). The minimum atomic E-state index is -4.71. The Labute approximate surface area is 133 Å². The molecule has 0 fully saturated rings. The van der Waals surface area contributed by atoms with Crippen molar-refractivity contribution in [1.82, 2.24) is 0 Å². The predicted octanol–water partition coefficient (Wildman–Crippen LogP) is -1.95. The van der Waals surface area contributed by atoms with Crippen LogP contribution in [0, 0.1) is 6.85 Å². The van der Waals surface area contributed by atoms with E-state index in [0.29, 0.717) is 12.0 Å². The number of rotatable bonds is 4. The molecule has 1 amide bonds. The van der Waals surface area contributed by atoms with E-state index in [1.54, 1.807) is 19.1 Å². The Morgan fingerprint density at radius 1 is 1.50 bits per heavy atom. The number of nitrogens with one attached hydrogen (secondary N) is 1. The van der Waals surface area contributed by atoms with Crippen LogP contribution in [0.4, 0.5) is 5.69 Å². The van der Waals surface area contributed by atoms with Crippen LogP contribution in [0.5, 0.6) is 0 Å². The number of amides is 1. The molecule has 0 bridgehead atoms. The van der Waals surface area contributed by atoms with Crippen LogP contribution in [0.1, 0.15) is 22.2 Å². The average Bonchev–Trinajstić information content (AvgIpc) is 2.25. The van der Waals surface area contributed by atoms with Crippen LogP contribution in [0.25, 0.3) is 0 Å². The van der Waals surface area contributed by atoms with Crippen LogP contribution in [0.3, 0.4) is 0 Å². The molecule has 0 radical (unpaired) electrons. The van der Waals surface area contributed by atoms with E-state index in [0.717, 1.165) is 0 Å². The smallest absolute Gasteiger partial charge is 0.748 e. The summed E-state index contributed by atoms with van der Waals surface area (Å²) in [5.74, 6) is -2.28. The molecule has 0 saturated heterocycles. The standard InChI is InChI=1S/C11H15NO4S.Na/c1-3-9-6-4-5-8(2)11(9)12-10(13)7-17(14,15)16;/h4-6H,3,7H2,1-2H3,(H,12,13)(H,14,15,16);/q;+1/p-1/i2D3;. The maximum Gasteiger partial charge on any atom is 1.00 e. The van der Waals surface area contributed by atoms with Crippen molar-refractivity contribution in [1.29, 1.82) is 0 Å². The molecule has 94 valence electrons. The van der Waals surface area contributed by atoms with E-state index in [9.17, 15) is 17.8 Å². The molecule has 0 saturated carbocycles. The van der Waals surface area contributed by atoms with E-state index in [4.69, 9.17) is 4.11 Å². The number of hydrogen-bond donors (Lipinski definition) is 1. The number of para-hydroxylation sites is 1. The van der Waals surface area contributed by atoms with Gasteiger partial charge in [-0.1, -0.05) is 25.1 Å². The molecule has 0 aliphatic rings. The van der Waals surface area contributed by atoms with Gasteiger partial charge >= 0.3 is 29.6 Å². The Hall–Kier alpha value is -0.400. The SMILES string of the molecule is [2H]C([2H])([2H])c1cccc(CC)c1NC(=O)CS(=O)(=O)[O-].[Na+]. The molecule has 7 heteroatoms. The number of aryl methyl sites for hydroxylation is 2. The van der Waals surface area contributed by atoms with Crippen LogP contribution in [0.15, 0.2) is 18.2 Å². The van der Waals surface area contributed by atoms with Crippen LogP contribution in [-0.4, -0.2) is 24.6 Å². The Balaban J connectivity index is 0.00000400. The number of anilines is 1. The third-order valence-electron chi connectivity index (χ3n) is 2.10. The van der Waals surface area contributed by atoms with Crippen molar-refractivity contribution < 1.29 is 51.4 Å². The van der Waals surface area contributed by atoms with Crippen molar-refractivity contribution >= 4 is 21.7 Å². The molecule has 1 aromatic rings. The topological polar surface area (TPSA) is 86.3 Å². The van der Waals surface area contributed by atoms with Gasteiger partial charge in [0.1, 0.15) is 15.9 Å². The van der Waals surface area contributed by atoms with E-state index in [-0.39, 0.29) is 40.8 Å². The van der Waals surface area contributed by atoms with E-state index in [1.165, 1.54) is 6.07 Å². The van der Waals surface area contributed by atoms with E-state index >= 15 is 0 Å². The summed E-state index contributed by atoms with van der Waals surface area (Å²) in [5.41, 5.74) is 0.507. The van der Waals surface area contributed by atoms with E-state index < -0.39 is 28.6 Å². The first-order valence-electron chi connectivity index (χ1n) is 6.40.